The summed E-state index contributed by atoms with van der Waals surface area (Å²) < 4.78 is 13.7. The van der Waals surface area contributed by atoms with E-state index in [-0.39, 0.29) is 0 Å². The summed E-state index contributed by atoms with van der Waals surface area (Å²) in [5, 5.41) is 2.92. The van der Waals surface area contributed by atoms with Crippen LogP contribution in [0.25, 0.3) is 5.70 Å². The smallest absolute Gasteiger partial charge is 0.184 e. The number of nitrogens with one attached hydrogen (secondary N) is 2. The molecule has 0 spiro atoms. The van der Waals surface area contributed by atoms with Gasteiger partial charge in [0, 0.05) is 35.5 Å². The minimum absolute atomic E-state index is 0.335. The van der Waals surface area contributed by atoms with Crippen LogP contribution < -0.4 is 15.6 Å². The van der Waals surface area contributed by atoms with Gasteiger partial charge in [-0.3, -0.25) is 10.9 Å². The standard InChI is InChI=1S/C22H28N4O2S/c1-4-27-18-9-7-17(8-10-18)23-22-25-24-21(14-29-22)20-12-15(2)26(16(20)3)13-19-6-5-11-28-19/h7-10,12,14,19,24H,4-6,11,13H2,1-3H3,(H,23,25)/t19-/m0/s1. The maximum absolute atomic E-state index is 5.82. The summed E-state index contributed by atoms with van der Waals surface area (Å²) in [5.41, 5.74) is 12.2. The molecule has 4 rings (SSSR count). The van der Waals surface area contributed by atoms with E-state index >= 15 is 0 Å². The number of hydrazine groups is 1. The Balaban J connectivity index is 1.45. The highest BCUT2D eigenvalue weighted by Crippen LogP contribution is 2.28. The maximum Gasteiger partial charge on any atom is 0.184 e. The van der Waals surface area contributed by atoms with Crippen molar-refractivity contribution in [3.63, 3.8) is 0 Å². The number of rotatable bonds is 6. The van der Waals surface area contributed by atoms with E-state index in [1.165, 1.54) is 23.4 Å². The lowest BCUT2D eigenvalue weighted by Gasteiger charge is -2.19. The lowest BCUT2D eigenvalue weighted by atomic mass is 10.2. The predicted octanol–water partition coefficient (Wildman–Crippen LogP) is 4.51. The normalized spacial score (nSPS) is 20.3. The maximum atomic E-state index is 5.82. The number of aliphatic imine (C=N–C) groups is 1. The van der Waals surface area contributed by atoms with Crippen LogP contribution in [0.3, 0.4) is 0 Å². The van der Waals surface area contributed by atoms with Gasteiger partial charge in [-0.05, 0) is 63.9 Å². The molecular weight excluding hydrogens is 384 g/mol. The highest BCUT2D eigenvalue weighted by atomic mass is 32.2. The van der Waals surface area contributed by atoms with Gasteiger partial charge in [-0.1, -0.05) is 11.8 Å². The first-order chi connectivity index (χ1) is 14.1. The van der Waals surface area contributed by atoms with Crippen LogP contribution in [-0.2, 0) is 11.3 Å². The van der Waals surface area contributed by atoms with Gasteiger partial charge in [0.2, 0.25) is 0 Å². The number of nitrogens with zero attached hydrogens (tertiary/aromatic N) is 2. The Labute approximate surface area is 176 Å². The molecule has 0 unspecified atom stereocenters. The Morgan fingerprint density at radius 2 is 2.07 bits per heavy atom. The van der Waals surface area contributed by atoms with Crippen LogP contribution in [0.4, 0.5) is 5.69 Å². The predicted molar refractivity (Wildman–Crippen MR) is 119 cm³/mol. The molecule has 7 heteroatoms. The number of aryl methyl sites for hydroxylation is 1. The fraction of sp³-hybridized carbons (Fsp3) is 0.409. The first kappa shape index (κ1) is 19.9. The van der Waals surface area contributed by atoms with Crippen molar-refractivity contribution < 1.29 is 9.47 Å². The first-order valence-electron chi connectivity index (χ1n) is 10.1. The zero-order valence-corrected chi connectivity index (χ0v) is 18.0. The second-order valence-corrected chi connectivity index (χ2v) is 8.13. The number of aromatic nitrogens is 1. The molecule has 0 radical (unpaired) electrons. The molecule has 0 amide bonds. The topological polar surface area (TPSA) is 59.8 Å². The molecule has 0 aliphatic carbocycles. The minimum Gasteiger partial charge on any atom is -0.494 e. The quantitative estimate of drug-likeness (QED) is 0.731. The monoisotopic (exact) mass is 412 g/mol. The van der Waals surface area contributed by atoms with Gasteiger partial charge in [0.15, 0.2) is 5.17 Å². The van der Waals surface area contributed by atoms with E-state index in [0.717, 1.165) is 41.9 Å². The average Bonchev–Trinajstić information content (AvgIpc) is 3.34. The summed E-state index contributed by atoms with van der Waals surface area (Å²) in [6, 6.07) is 10.0. The average molecular weight is 413 g/mol. The van der Waals surface area contributed by atoms with Crippen molar-refractivity contribution in [3.05, 3.63) is 52.7 Å². The Morgan fingerprint density at radius 1 is 1.24 bits per heavy atom. The molecular formula is C22H28N4O2S. The van der Waals surface area contributed by atoms with Crippen LogP contribution in [0, 0.1) is 13.8 Å². The van der Waals surface area contributed by atoms with E-state index in [4.69, 9.17) is 9.47 Å². The van der Waals surface area contributed by atoms with Crippen molar-refractivity contribution in [2.45, 2.75) is 46.3 Å². The number of ether oxygens (including phenoxy) is 2. The van der Waals surface area contributed by atoms with Crippen LogP contribution in [-0.4, -0.2) is 29.1 Å². The van der Waals surface area contributed by atoms with Gasteiger partial charge >= 0.3 is 0 Å². The number of thioether (sulfide) groups is 1. The molecule has 3 heterocycles. The summed E-state index contributed by atoms with van der Waals surface area (Å²) >= 11 is 1.58. The third-order valence-corrected chi connectivity index (χ3v) is 6.02. The van der Waals surface area contributed by atoms with Gasteiger partial charge in [-0.2, -0.15) is 0 Å². The summed E-state index contributed by atoms with van der Waals surface area (Å²) in [6.07, 6.45) is 2.65. The Kier molecular flexibility index (Phi) is 6.16. The van der Waals surface area contributed by atoms with Crippen molar-refractivity contribution >= 4 is 28.3 Å². The van der Waals surface area contributed by atoms with E-state index < -0.39 is 0 Å². The first-order valence-corrected chi connectivity index (χ1v) is 11.0. The van der Waals surface area contributed by atoms with Crippen LogP contribution in [0.15, 0.2) is 40.7 Å². The van der Waals surface area contributed by atoms with Gasteiger partial charge in [-0.25, -0.2) is 4.99 Å². The molecule has 2 aromatic rings. The third kappa shape index (κ3) is 4.62. The summed E-state index contributed by atoms with van der Waals surface area (Å²) in [4.78, 5) is 4.65. The summed E-state index contributed by atoms with van der Waals surface area (Å²) in [7, 11) is 0. The van der Waals surface area contributed by atoms with E-state index in [0.29, 0.717) is 12.7 Å². The Hall–Kier alpha value is -2.38. The van der Waals surface area contributed by atoms with Gasteiger partial charge < -0.3 is 14.0 Å². The third-order valence-electron chi connectivity index (χ3n) is 5.24. The molecule has 1 fully saturated rings. The molecule has 1 aromatic carbocycles. The molecule has 29 heavy (non-hydrogen) atoms. The highest BCUT2D eigenvalue weighted by molar-refractivity contribution is 8.16. The summed E-state index contributed by atoms with van der Waals surface area (Å²) in [5.74, 6) is 0.861. The van der Waals surface area contributed by atoms with E-state index in [9.17, 15) is 0 Å². The lowest BCUT2D eigenvalue weighted by molar-refractivity contribution is 0.0962. The molecule has 2 aliphatic heterocycles. The molecule has 1 saturated heterocycles. The second-order valence-electron chi connectivity index (χ2n) is 7.27. The van der Waals surface area contributed by atoms with Crippen molar-refractivity contribution in [2.24, 2.45) is 4.99 Å². The molecule has 6 nitrogen and oxygen atoms in total. The molecule has 2 N–H and O–H groups in total. The Morgan fingerprint density at radius 3 is 2.72 bits per heavy atom. The number of hydrogen-bond acceptors (Lipinski definition) is 5. The zero-order chi connectivity index (χ0) is 20.2. The van der Waals surface area contributed by atoms with E-state index in [1.54, 1.807) is 11.8 Å². The molecule has 0 bridgehead atoms. The van der Waals surface area contributed by atoms with E-state index in [1.807, 2.05) is 31.2 Å². The largest absolute Gasteiger partial charge is 0.494 e. The molecule has 1 atom stereocenters. The van der Waals surface area contributed by atoms with Gasteiger partial charge in [0.1, 0.15) is 5.75 Å². The van der Waals surface area contributed by atoms with Crippen LogP contribution >= 0.6 is 11.8 Å². The Bertz CT molecular complexity index is 912. The fourth-order valence-corrected chi connectivity index (χ4v) is 4.41. The molecule has 154 valence electrons. The SMILES string of the molecule is CCOc1ccc(N=C2NNC(c3cc(C)n(C[C@@H]4CCCO4)c3C)=CS2)cc1. The minimum atomic E-state index is 0.335. The van der Waals surface area contributed by atoms with Gasteiger partial charge in [0.05, 0.1) is 24.1 Å². The lowest BCUT2D eigenvalue weighted by Crippen LogP contribution is -2.36. The summed E-state index contributed by atoms with van der Waals surface area (Å²) in [6.45, 7) is 8.79. The highest BCUT2D eigenvalue weighted by Gasteiger charge is 2.21. The number of hydrogen-bond donors (Lipinski definition) is 2. The van der Waals surface area contributed by atoms with Crippen molar-refractivity contribution in [1.29, 1.82) is 0 Å². The number of benzene rings is 1. The van der Waals surface area contributed by atoms with Gasteiger partial charge in [0.25, 0.3) is 0 Å². The van der Waals surface area contributed by atoms with Gasteiger partial charge in [-0.15, -0.1) is 0 Å². The molecule has 0 saturated carbocycles. The second kappa shape index (κ2) is 8.97. The van der Waals surface area contributed by atoms with Crippen molar-refractivity contribution in [3.8, 4) is 5.75 Å². The molecule has 1 aromatic heterocycles. The zero-order valence-electron chi connectivity index (χ0n) is 17.2. The van der Waals surface area contributed by atoms with Crippen LogP contribution in [0.2, 0.25) is 0 Å². The van der Waals surface area contributed by atoms with Crippen LogP contribution in [0.1, 0.15) is 36.7 Å². The number of amidine groups is 1. The van der Waals surface area contributed by atoms with E-state index in [2.05, 4.69) is 45.7 Å². The van der Waals surface area contributed by atoms with Crippen molar-refractivity contribution in [2.75, 3.05) is 13.2 Å². The van der Waals surface area contributed by atoms with Crippen LogP contribution in [0.5, 0.6) is 5.75 Å². The fourth-order valence-electron chi connectivity index (χ4n) is 3.73. The molecule has 2 aliphatic rings. The van der Waals surface area contributed by atoms with Crippen molar-refractivity contribution in [1.82, 2.24) is 15.4 Å².